The van der Waals surface area contributed by atoms with Crippen molar-refractivity contribution >= 4 is 13.6 Å². The summed E-state index contributed by atoms with van der Waals surface area (Å²) in [6.45, 7) is 1.92. The molecule has 0 fully saturated rings. The monoisotopic (exact) mass is 496 g/mol. The fourth-order valence-electron chi connectivity index (χ4n) is 3.50. The molecule has 0 amide bonds. The number of quaternary nitrogens is 1. The van der Waals surface area contributed by atoms with E-state index in [1.807, 2.05) is 21.1 Å². The summed E-state index contributed by atoms with van der Waals surface area (Å²) in [5.41, 5.74) is 0. The van der Waals surface area contributed by atoms with Crippen molar-refractivity contribution in [2.24, 2.45) is 0 Å². The molecule has 2 unspecified atom stereocenters. The number of Topliss-reactive ketones (excluding diaryl/α,β-unsaturated/α-hetero) is 1. The third-order valence-electron chi connectivity index (χ3n) is 5.64. The Morgan fingerprint density at radius 1 is 0.879 bits per heavy atom. The number of aliphatic hydroxyl groups is 2. The van der Waals surface area contributed by atoms with Crippen LogP contribution in [0.5, 0.6) is 0 Å². The molecule has 3 N–H and O–H groups in total. The topological polar surface area (TPSA) is 113 Å². The Bertz CT molecular complexity index is 539. The predicted molar refractivity (Wildman–Crippen MR) is 132 cm³/mol. The summed E-state index contributed by atoms with van der Waals surface area (Å²) in [6, 6.07) is 0. The number of ketones is 1. The minimum absolute atomic E-state index is 0.0355. The molecule has 3 atom stereocenters. The second kappa shape index (κ2) is 18.9. The molecule has 0 bridgehead atoms. The molecule has 0 aliphatic rings. The van der Waals surface area contributed by atoms with Gasteiger partial charge < -0.3 is 19.6 Å². The SMILES string of the molecule is CCCCCCCCCCCCCCCC(=O)C(OP(=O)(O)OCC[N+](C)(C)C)[C@@H](O)CO. The summed E-state index contributed by atoms with van der Waals surface area (Å²) >= 11 is 0. The Kier molecular flexibility index (Phi) is 18.7. The van der Waals surface area contributed by atoms with Crippen molar-refractivity contribution in [3.05, 3.63) is 0 Å². The Morgan fingerprint density at radius 2 is 1.33 bits per heavy atom. The van der Waals surface area contributed by atoms with Crippen LogP contribution in [-0.2, 0) is 18.4 Å². The first kappa shape index (κ1) is 32.7. The van der Waals surface area contributed by atoms with Gasteiger partial charge in [-0.15, -0.1) is 0 Å². The van der Waals surface area contributed by atoms with Gasteiger partial charge in [-0.1, -0.05) is 84.0 Å². The lowest BCUT2D eigenvalue weighted by Crippen LogP contribution is -2.39. The van der Waals surface area contributed by atoms with E-state index in [4.69, 9.17) is 9.05 Å². The third kappa shape index (κ3) is 19.6. The first-order chi connectivity index (χ1) is 15.5. The number of hydrogen-bond donors (Lipinski definition) is 3. The second-order valence-corrected chi connectivity index (χ2v) is 11.5. The van der Waals surface area contributed by atoms with E-state index in [1.165, 1.54) is 57.8 Å². The van der Waals surface area contributed by atoms with Gasteiger partial charge in [-0.2, -0.15) is 0 Å². The summed E-state index contributed by atoms with van der Waals surface area (Å²) in [4.78, 5) is 22.4. The van der Waals surface area contributed by atoms with Gasteiger partial charge in [0, 0.05) is 6.42 Å². The van der Waals surface area contributed by atoms with Gasteiger partial charge in [0.1, 0.15) is 19.3 Å². The average Bonchev–Trinajstić information content (AvgIpc) is 2.73. The van der Waals surface area contributed by atoms with Gasteiger partial charge in [-0.25, -0.2) is 4.57 Å². The standard InChI is InChI=1S/C24H50NO7P/c1-5-6-7-8-9-10-11-12-13-14-15-16-17-18-22(27)24(23(28)21-26)32-33(29,30)31-20-19-25(2,3)4/h23-24,26,28H,5-21H2,1-4H3/p+1/t23-,24?/m0/s1. The first-order valence-corrected chi connectivity index (χ1v) is 14.3. The number of unbranched alkanes of at least 4 members (excludes halogenated alkanes) is 12. The molecule has 0 saturated heterocycles. The van der Waals surface area contributed by atoms with E-state index < -0.39 is 32.4 Å². The maximum absolute atomic E-state index is 12.5. The van der Waals surface area contributed by atoms with Crippen LogP contribution in [0.4, 0.5) is 0 Å². The van der Waals surface area contributed by atoms with Crippen LogP contribution in [0.25, 0.3) is 0 Å². The number of likely N-dealkylation sites (N-methyl/N-ethyl adjacent to an activating group) is 1. The van der Waals surface area contributed by atoms with Gasteiger partial charge in [0.2, 0.25) is 0 Å². The van der Waals surface area contributed by atoms with E-state index in [0.29, 0.717) is 17.4 Å². The molecule has 0 spiro atoms. The molecular weight excluding hydrogens is 445 g/mol. The molecule has 0 aliphatic carbocycles. The lowest BCUT2D eigenvalue weighted by molar-refractivity contribution is -0.870. The van der Waals surface area contributed by atoms with Crippen molar-refractivity contribution in [1.82, 2.24) is 0 Å². The van der Waals surface area contributed by atoms with E-state index in [-0.39, 0.29) is 13.0 Å². The maximum Gasteiger partial charge on any atom is 0.473 e. The number of rotatable bonds is 23. The zero-order valence-electron chi connectivity index (χ0n) is 21.5. The van der Waals surface area contributed by atoms with Crippen LogP contribution in [0.1, 0.15) is 96.8 Å². The molecule has 33 heavy (non-hydrogen) atoms. The van der Waals surface area contributed by atoms with Gasteiger partial charge in [-0.3, -0.25) is 13.8 Å². The fourth-order valence-corrected chi connectivity index (χ4v) is 4.42. The molecule has 0 saturated carbocycles. The summed E-state index contributed by atoms with van der Waals surface area (Å²) in [5, 5.41) is 19.1. The number of carbonyl (C=O) groups is 1. The van der Waals surface area contributed by atoms with E-state index in [2.05, 4.69) is 6.92 Å². The number of phosphoric acid groups is 1. The highest BCUT2D eigenvalue weighted by molar-refractivity contribution is 7.47. The summed E-state index contributed by atoms with van der Waals surface area (Å²) < 4.78 is 22.6. The summed E-state index contributed by atoms with van der Waals surface area (Å²) in [6.07, 6.45) is 12.4. The van der Waals surface area contributed by atoms with Crippen LogP contribution in [0, 0.1) is 0 Å². The minimum Gasteiger partial charge on any atom is -0.394 e. The number of nitrogens with zero attached hydrogens (tertiary/aromatic N) is 1. The number of phosphoric ester groups is 1. The number of carbonyl (C=O) groups excluding carboxylic acids is 1. The molecule has 0 aromatic heterocycles. The van der Waals surface area contributed by atoms with Crippen LogP contribution in [0.15, 0.2) is 0 Å². The third-order valence-corrected chi connectivity index (χ3v) is 6.65. The first-order valence-electron chi connectivity index (χ1n) is 12.8. The van der Waals surface area contributed by atoms with E-state index >= 15 is 0 Å². The minimum atomic E-state index is -4.53. The lowest BCUT2D eigenvalue weighted by atomic mass is 10.0. The van der Waals surface area contributed by atoms with Crippen molar-refractivity contribution in [3.63, 3.8) is 0 Å². The normalized spacial score (nSPS) is 15.8. The molecule has 0 aromatic rings. The van der Waals surface area contributed by atoms with Gasteiger partial charge in [0.15, 0.2) is 11.9 Å². The van der Waals surface area contributed by atoms with Crippen molar-refractivity contribution in [2.45, 2.75) is 109 Å². The Hall–Kier alpha value is -0.340. The Balaban J connectivity index is 4.09. The van der Waals surface area contributed by atoms with E-state index in [9.17, 15) is 24.5 Å². The van der Waals surface area contributed by atoms with Gasteiger partial charge in [0.25, 0.3) is 0 Å². The average molecular weight is 497 g/mol. The zero-order valence-corrected chi connectivity index (χ0v) is 22.4. The highest BCUT2D eigenvalue weighted by atomic mass is 31.2. The Labute approximate surface area is 201 Å². The second-order valence-electron chi connectivity index (χ2n) is 10.1. The zero-order chi connectivity index (χ0) is 25.2. The van der Waals surface area contributed by atoms with Crippen LogP contribution in [0.2, 0.25) is 0 Å². The lowest BCUT2D eigenvalue weighted by Gasteiger charge is -2.26. The number of hydrogen-bond acceptors (Lipinski definition) is 6. The van der Waals surface area contributed by atoms with Crippen molar-refractivity contribution < 1.29 is 38.0 Å². The molecule has 0 heterocycles. The Morgan fingerprint density at radius 3 is 1.76 bits per heavy atom. The molecule has 0 radical (unpaired) electrons. The van der Waals surface area contributed by atoms with Crippen molar-refractivity contribution in [3.8, 4) is 0 Å². The molecule has 9 heteroatoms. The van der Waals surface area contributed by atoms with E-state index in [0.717, 1.165) is 19.3 Å². The van der Waals surface area contributed by atoms with Crippen molar-refractivity contribution in [1.29, 1.82) is 0 Å². The van der Waals surface area contributed by atoms with Crippen LogP contribution >= 0.6 is 7.82 Å². The number of aliphatic hydroxyl groups excluding tert-OH is 2. The van der Waals surface area contributed by atoms with Crippen LogP contribution in [0.3, 0.4) is 0 Å². The predicted octanol–water partition coefficient (Wildman–Crippen LogP) is 4.60. The molecular formula is C24H51NO7P+. The largest absolute Gasteiger partial charge is 0.473 e. The van der Waals surface area contributed by atoms with Crippen LogP contribution in [-0.4, -0.2) is 78.5 Å². The molecule has 0 aromatic carbocycles. The fraction of sp³-hybridized carbons (Fsp3) is 0.958. The summed E-state index contributed by atoms with van der Waals surface area (Å²) in [5.74, 6) is -0.496. The van der Waals surface area contributed by atoms with Crippen molar-refractivity contribution in [2.75, 3.05) is 40.9 Å². The summed E-state index contributed by atoms with van der Waals surface area (Å²) in [7, 11) is 1.19. The van der Waals surface area contributed by atoms with Gasteiger partial charge in [-0.05, 0) is 6.42 Å². The molecule has 198 valence electrons. The molecule has 0 aliphatic heterocycles. The van der Waals surface area contributed by atoms with Crippen LogP contribution < -0.4 is 0 Å². The molecule has 0 rings (SSSR count). The van der Waals surface area contributed by atoms with Gasteiger partial charge in [0.05, 0.1) is 27.7 Å². The highest BCUT2D eigenvalue weighted by Crippen LogP contribution is 2.45. The van der Waals surface area contributed by atoms with E-state index in [1.54, 1.807) is 0 Å². The smallest absolute Gasteiger partial charge is 0.394 e. The maximum atomic E-state index is 12.5. The van der Waals surface area contributed by atoms with Gasteiger partial charge >= 0.3 is 7.82 Å². The quantitative estimate of drug-likeness (QED) is 0.108. The molecule has 8 nitrogen and oxygen atoms in total. The highest BCUT2D eigenvalue weighted by Gasteiger charge is 2.35.